The first-order valence-electron chi connectivity index (χ1n) is 5.98. The van der Waals surface area contributed by atoms with E-state index in [1.54, 1.807) is 0 Å². The molecule has 0 aliphatic heterocycles. The predicted octanol–water partition coefficient (Wildman–Crippen LogP) is 1.86. The van der Waals surface area contributed by atoms with Crippen molar-refractivity contribution in [2.75, 3.05) is 6.54 Å². The Morgan fingerprint density at radius 1 is 1.57 bits per heavy atom. The molecular formula is C10H12ClNO2. The van der Waals surface area contributed by atoms with Gasteiger partial charge in [-0.15, -0.1) is 0 Å². The molecule has 14 heavy (non-hydrogen) atoms. The zero-order valence-corrected chi connectivity index (χ0v) is 8.06. The number of aliphatic carboxylic acids is 1. The molecule has 76 valence electrons. The predicted molar refractivity (Wildman–Crippen MR) is 55.5 cm³/mol. The Hall–Kier alpha value is -1.06. The summed E-state index contributed by atoms with van der Waals surface area (Å²) < 4.78 is 30.6. The van der Waals surface area contributed by atoms with Crippen molar-refractivity contribution in [1.82, 2.24) is 0 Å². The van der Waals surface area contributed by atoms with E-state index < -0.39 is 11.9 Å². The molecule has 0 saturated carbocycles. The molecule has 0 fully saturated rings. The summed E-state index contributed by atoms with van der Waals surface area (Å²) in [5, 5.41) is 8.48. The number of halogens is 1. The van der Waals surface area contributed by atoms with Crippen LogP contribution in [0.2, 0.25) is 5.02 Å². The van der Waals surface area contributed by atoms with Gasteiger partial charge in [-0.05, 0) is 24.2 Å². The van der Waals surface area contributed by atoms with Crippen LogP contribution in [0.3, 0.4) is 0 Å². The molecule has 0 amide bonds. The lowest BCUT2D eigenvalue weighted by molar-refractivity contribution is -0.137. The molecule has 0 aliphatic carbocycles. The van der Waals surface area contributed by atoms with E-state index in [0.29, 0.717) is 0 Å². The molecule has 0 radical (unpaired) electrons. The van der Waals surface area contributed by atoms with E-state index in [4.69, 9.17) is 27.9 Å². The average Bonchev–Trinajstić information content (AvgIpc) is 2.32. The van der Waals surface area contributed by atoms with Gasteiger partial charge in [-0.3, -0.25) is 4.79 Å². The summed E-state index contributed by atoms with van der Waals surface area (Å²) in [6.45, 7) is -0.0788. The molecular weight excluding hydrogens is 202 g/mol. The molecule has 4 heteroatoms. The summed E-state index contributed by atoms with van der Waals surface area (Å²) in [5.74, 6) is -1.88. The van der Waals surface area contributed by atoms with Crippen LogP contribution in [0, 0.1) is 0 Å². The van der Waals surface area contributed by atoms with Gasteiger partial charge in [-0.2, -0.15) is 0 Å². The van der Waals surface area contributed by atoms with Gasteiger partial charge in [-0.1, -0.05) is 23.7 Å². The van der Waals surface area contributed by atoms with Gasteiger partial charge in [0, 0.05) is 10.9 Å². The van der Waals surface area contributed by atoms with Crippen LogP contribution in [0.5, 0.6) is 0 Å². The summed E-state index contributed by atoms with van der Waals surface area (Å²) in [6, 6.07) is -1.43. The van der Waals surface area contributed by atoms with Crippen molar-refractivity contribution < 1.29 is 15.4 Å². The summed E-state index contributed by atoms with van der Waals surface area (Å²) in [7, 11) is 0. The topological polar surface area (TPSA) is 63.3 Å². The van der Waals surface area contributed by atoms with Crippen molar-refractivity contribution in [3.05, 3.63) is 34.8 Å². The van der Waals surface area contributed by atoms with Crippen molar-refractivity contribution in [3.63, 3.8) is 0 Å². The van der Waals surface area contributed by atoms with Crippen LogP contribution < -0.4 is 5.73 Å². The molecule has 3 nitrogen and oxygen atoms in total. The summed E-state index contributed by atoms with van der Waals surface area (Å²) >= 11 is 5.65. The number of carbonyl (C=O) groups is 1. The molecule has 3 N–H and O–H groups in total. The standard InChI is InChI=1S/C10H12ClNO2/c11-9-3-1-7(2-4-9)8(6-12)5-10(13)14/h1-4,8H,5-6,12H2,(H,13,14)/i1D,2D,3D,4D. The fraction of sp³-hybridized carbons (Fsp3) is 0.300. The normalized spacial score (nSPS) is 16.4. The number of nitrogens with two attached hydrogens (primary N) is 1. The Labute approximate surface area is 93.1 Å². The van der Waals surface area contributed by atoms with Gasteiger partial charge in [0.05, 0.1) is 11.9 Å². The number of benzene rings is 1. The fourth-order valence-electron chi connectivity index (χ4n) is 1.03. The average molecular weight is 218 g/mol. The van der Waals surface area contributed by atoms with Gasteiger partial charge in [-0.25, -0.2) is 0 Å². The summed E-state index contributed by atoms with van der Waals surface area (Å²) in [4.78, 5) is 10.7. The van der Waals surface area contributed by atoms with Crippen LogP contribution in [-0.4, -0.2) is 17.6 Å². The first kappa shape index (κ1) is 6.43. The van der Waals surface area contributed by atoms with Crippen LogP contribution in [0.4, 0.5) is 0 Å². The maximum absolute atomic E-state index is 10.7. The number of hydrogen-bond acceptors (Lipinski definition) is 2. The minimum absolute atomic E-state index is 0.000648. The second-order valence-corrected chi connectivity index (χ2v) is 3.14. The largest absolute Gasteiger partial charge is 0.481 e. The molecule has 1 atom stereocenters. The molecule has 0 saturated heterocycles. The first-order chi connectivity index (χ1) is 8.31. The van der Waals surface area contributed by atoms with Crippen molar-refractivity contribution in [3.8, 4) is 0 Å². The number of carboxylic acid groups (broad SMARTS) is 1. The monoisotopic (exact) mass is 217 g/mol. The van der Waals surface area contributed by atoms with E-state index in [1.165, 1.54) is 0 Å². The highest BCUT2D eigenvalue weighted by molar-refractivity contribution is 6.30. The van der Waals surface area contributed by atoms with Gasteiger partial charge in [0.1, 0.15) is 0 Å². The molecule has 1 unspecified atom stereocenters. The highest BCUT2D eigenvalue weighted by Gasteiger charge is 2.13. The summed E-state index contributed by atoms with van der Waals surface area (Å²) in [5.41, 5.74) is 5.44. The van der Waals surface area contributed by atoms with Gasteiger partial charge < -0.3 is 10.8 Å². The Bertz CT molecular complexity index is 466. The molecule has 1 aromatic carbocycles. The van der Waals surface area contributed by atoms with E-state index in [1.807, 2.05) is 0 Å². The highest BCUT2D eigenvalue weighted by atomic mass is 35.5. The van der Waals surface area contributed by atoms with E-state index in [-0.39, 0.29) is 47.7 Å². The Balaban J connectivity index is 3.43. The quantitative estimate of drug-likeness (QED) is 0.809. The number of rotatable bonds is 4. The van der Waals surface area contributed by atoms with E-state index in [9.17, 15) is 4.79 Å². The Morgan fingerprint density at radius 2 is 2.14 bits per heavy atom. The number of hydrogen-bond donors (Lipinski definition) is 2. The first-order valence-corrected chi connectivity index (χ1v) is 4.36. The zero-order chi connectivity index (χ0) is 14.0. The van der Waals surface area contributed by atoms with E-state index >= 15 is 0 Å². The Kier molecular flexibility index (Phi) is 2.29. The molecule has 1 aromatic rings. The van der Waals surface area contributed by atoms with Crippen molar-refractivity contribution >= 4 is 17.6 Å². The van der Waals surface area contributed by atoms with Crippen molar-refractivity contribution in [1.29, 1.82) is 0 Å². The number of carboxylic acids is 1. The maximum atomic E-state index is 10.7. The third-order valence-corrected chi connectivity index (χ3v) is 1.92. The fourth-order valence-corrected chi connectivity index (χ4v) is 1.12. The zero-order valence-electron chi connectivity index (χ0n) is 11.3. The smallest absolute Gasteiger partial charge is 0.304 e. The molecule has 0 aromatic heterocycles. The molecule has 0 spiro atoms. The van der Waals surface area contributed by atoms with Gasteiger partial charge >= 0.3 is 5.97 Å². The lowest BCUT2D eigenvalue weighted by Crippen LogP contribution is -2.16. The molecule has 1 rings (SSSR count). The van der Waals surface area contributed by atoms with Crippen LogP contribution >= 0.6 is 11.6 Å². The minimum atomic E-state index is -1.11. The van der Waals surface area contributed by atoms with E-state index in [0.717, 1.165) is 0 Å². The SMILES string of the molecule is [2H]c1c([2H])c(C(CN)CC(=O)O)c([2H])c([2H])c1Cl. The van der Waals surface area contributed by atoms with Crippen LogP contribution in [-0.2, 0) is 4.79 Å². The molecule has 0 aliphatic rings. The minimum Gasteiger partial charge on any atom is -0.481 e. The Morgan fingerprint density at radius 3 is 2.57 bits per heavy atom. The van der Waals surface area contributed by atoms with Gasteiger partial charge in [0.15, 0.2) is 0 Å². The maximum Gasteiger partial charge on any atom is 0.304 e. The molecule has 0 bridgehead atoms. The van der Waals surface area contributed by atoms with Gasteiger partial charge in [0.2, 0.25) is 0 Å². The van der Waals surface area contributed by atoms with Crippen molar-refractivity contribution in [2.24, 2.45) is 5.73 Å². The molecule has 0 heterocycles. The van der Waals surface area contributed by atoms with Gasteiger partial charge in [0.25, 0.3) is 0 Å². The lowest BCUT2D eigenvalue weighted by Gasteiger charge is -2.12. The highest BCUT2D eigenvalue weighted by Crippen LogP contribution is 2.20. The third kappa shape index (κ3) is 3.01. The lowest BCUT2D eigenvalue weighted by atomic mass is 9.96. The second kappa shape index (κ2) is 4.98. The van der Waals surface area contributed by atoms with Crippen molar-refractivity contribution in [2.45, 2.75) is 12.3 Å². The third-order valence-electron chi connectivity index (χ3n) is 1.73. The van der Waals surface area contributed by atoms with Crippen LogP contribution in [0.15, 0.2) is 24.2 Å². The summed E-state index contributed by atoms with van der Waals surface area (Å²) in [6.07, 6.45) is -0.352. The van der Waals surface area contributed by atoms with Crippen LogP contribution in [0.1, 0.15) is 23.4 Å². The van der Waals surface area contributed by atoms with E-state index in [2.05, 4.69) is 0 Å². The second-order valence-electron chi connectivity index (χ2n) is 2.76. The van der Waals surface area contributed by atoms with Crippen LogP contribution in [0.25, 0.3) is 0 Å².